The van der Waals surface area contributed by atoms with Crippen LogP contribution in [-0.4, -0.2) is 40.8 Å². The van der Waals surface area contributed by atoms with Crippen LogP contribution < -0.4 is 5.32 Å². The van der Waals surface area contributed by atoms with Gasteiger partial charge in [-0.3, -0.25) is 14.4 Å². The Morgan fingerprint density at radius 3 is 2.39 bits per heavy atom. The maximum Gasteiger partial charge on any atom is 0.303 e. The average Bonchev–Trinajstić information content (AvgIpc) is 2.30. The standard InChI is InChI=1S/C11H19NO4S2/c1-7(4-5-10(14)15)11(16)12-9(8(2)13)6-18-17-3/h7,9H,4-6H2,1-3H3,(H,12,16)(H,14,15). The van der Waals surface area contributed by atoms with Gasteiger partial charge in [0.2, 0.25) is 5.91 Å². The second-order valence-corrected chi connectivity index (χ2v) is 6.57. The molecule has 0 aliphatic heterocycles. The van der Waals surface area contributed by atoms with Crippen molar-refractivity contribution in [1.82, 2.24) is 5.32 Å². The molecule has 0 heterocycles. The highest BCUT2D eigenvalue weighted by molar-refractivity contribution is 8.76. The van der Waals surface area contributed by atoms with Crippen LogP contribution in [0.4, 0.5) is 0 Å². The van der Waals surface area contributed by atoms with Crippen LogP contribution in [-0.2, 0) is 14.4 Å². The first-order valence-corrected chi connectivity index (χ1v) is 8.29. The average molecular weight is 293 g/mol. The number of Topliss-reactive ketones (excluding diaryl/α,β-unsaturated/α-hetero) is 1. The fourth-order valence-electron chi connectivity index (χ4n) is 1.18. The number of carbonyl (C=O) groups excluding carboxylic acids is 2. The molecule has 0 aromatic heterocycles. The summed E-state index contributed by atoms with van der Waals surface area (Å²) < 4.78 is 0. The lowest BCUT2D eigenvalue weighted by Gasteiger charge is -2.17. The number of ketones is 1. The van der Waals surface area contributed by atoms with Crippen LogP contribution in [0.15, 0.2) is 0 Å². The molecule has 0 fully saturated rings. The maximum atomic E-state index is 11.8. The third-order valence-corrected chi connectivity index (χ3v) is 4.22. The molecule has 7 heteroatoms. The minimum Gasteiger partial charge on any atom is -0.481 e. The van der Waals surface area contributed by atoms with Crippen molar-refractivity contribution in [2.24, 2.45) is 5.92 Å². The summed E-state index contributed by atoms with van der Waals surface area (Å²) in [4.78, 5) is 33.5. The van der Waals surface area contributed by atoms with E-state index in [1.54, 1.807) is 6.92 Å². The summed E-state index contributed by atoms with van der Waals surface area (Å²) in [6.07, 6.45) is 2.14. The number of nitrogens with one attached hydrogen (secondary N) is 1. The summed E-state index contributed by atoms with van der Waals surface area (Å²) in [6, 6.07) is -0.498. The SMILES string of the molecule is CSSCC(NC(=O)C(C)CCC(=O)O)C(C)=O. The van der Waals surface area contributed by atoms with Crippen molar-refractivity contribution >= 4 is 39.2 Å². The number of amides is 1. The Morgan fingerprint density at radius 2 is 1.94 bits per heavy atom. The first-order chi connectivity index (χ1) is 8.38. The van der Waals surface area contributed by atoms with Crippen molar-refractivity contribution in [3.8, 4) is 0 Å². The van der Waals surface area contributed by atoms with Crippen molar-refractivity contribution in [2.75, 3.05) is 12.0 Å². The molecule has 0 radical (unpaired) electrons. The smallest absolute Gasteiger partial charge is 0.303 e. The van der Waals surface area contributed by atoms with Crippen LogP contribution in [0.2, 0.25) is 0 Å². The number of carbonyl (C=O) groups is 3. The lowest BCUT2D eigenvalue weighted by atomic mass is 10.0. The van der Waals surface area contributed by atoms with E-state index < -0.39 is 17.9 Å². The van der Waals surface area contributed by atoms with Crippen LogP contribution in [0.1, 0.15) is 26.7 Å². The Bertz CT molecular complexity index is 309. The van der Waals surface area contributed by atoms with E-state index in [1.165, 1.54) is 28.5 Å². The van der Waals surface area contributed by atoms with E-state index in [4.69, 9.17) is 5.11 Å². The van der Waals surface area contributed by atoms with Crippen LogP contribution in [0.3, 0.4) is 0 Å². The van der Waals surface area contributed by atoms with E-state index in [9.17, 15) is 14.4 Å². The molecule has 2 N–H and O–H groups in total. The molecule has 2 unspecified atom stereocenters. The van der Waals surface area contributed by atoms with Crippen LogP contribution in [0.25, 0.3) is 0 Å². The second-order valence-electron chi connectivity index (χ2n) is 3.96. The molecule has 0 saturated heterocycles. The van der Waals surface area contributed by atoms with Crippen molar-refractivity contribution < 1.29 is 19.5 Å². The van der Waals surface area contributed by atoms with Gasteiger partial charge in [-0.05, 0) is 19.6 Å². The van der Waals surface area contributed by atoms with E-state index in [-0.39, 0.29) is 24.5 Å². The van der Waals surface area contributed by atoms with Crippen LogP contribution in [0, 0.1) is 5.92 Å². The molecular formula is C11H19NO4S2. The number of hydrogen-bond acceptors (Lipinski definition) is 5. The fraction of sp³-hybridized carbons (Fsp3) is 0.727. The lowest BCUT2D eigenvalue weighted by molar-refractivity contribution is -0.137. The Labute approximate surface area is 115 Å². The van der Waals surface area contributed by atoms with Crippen LogP contribution >= 0.6 is 21.6 Å². The van der Waals surface area contributed by atoms with Gasteiger partial charge in [0.25, 0.3) is 0 Å². The summed E-state index contributed by atoms with van der Waals surface area (Å²) in [5.74, 6) is -1.15. The molecule has 0 bridgehead atoms. The lowest BCUT2D eigenvalue weighted by Crippen LogP contribution is -2.43. The van der Waals surface area contributed by atoms with E-state index in [2.05, 4.69) is 5.32 Å². The predicted molar refractivity (Wildman–Crippen MR) is 74.6 cm³/mol. The zero-order chi connectivity index (χ0) is 14.1. The molecule has 18 heavy (non-hydrogen) atoms. The highest BCUT2D eigenvalue weighted by atomic mass is 33.1. The predicted octanol–water partition coefficient (Wildman–Crippen LogP) is 1.57. The summed E-state index contributed by atoms with van der Waals surface area (Å²) in [5, 5.41) is 11.2. The largest absolute Gasteiger partial charge is 0.481 e. The van der Waals surface area contributed by atoms with E-state index in [0.29, 0.717) is 5.75 Å². The van der Waals surface area contributed by atoms with Gasteiger partial charge in [-0.15, -0.1) is 0 Å². The van der Waals surface area contributed by atoms with Crippen molar-refractivity contribution in [1.29, 1.82) is 0 Å². The zero-order valence-corrected chi connectivity index (χ0v) is 12.4. The Kier molecular flexibility index (Phi) is 8.91. The molecule has 0 aliphatic carbocycles. The zero-order valence-electron chi connectivity index (χ0n) is 10.8. The van der Waals surface area contributed by atoms with Gasteiger partial charge in [0.1, 0.15) is 0 Å². The maximum absolute atomic E-state index is 11.8. The monoisotopic (exact) mass is 293 g/mol. The molecule has 0 aliphatic rings. The van der Waals surface area contributed by atoms with Gasteiger partial charge in [-0.2, -0.15) is 0 Å². The number of rotatable bonds is 9. The van der Waals surface area contributed by atoms with Gasteiger partial charge in [0, 0.05) is 18.1 Å². The van der Waals surface area contributed by atoms with E-state index in [0.717, 1.165) is 0 Å². The van der Waals surface area contributed by atoms with E-state index in [1.807, 2.05) is 6.26 Å². The van der Waals surface area contributed by atoms with Gasteiger partial charge in [0.15, 0.2) is 5.78 Å². The van der Waals surface area contributed by atoms with Gasteiger partial charge in [-0.25, -0.2) is 0 Å². The molecule has 1 amide bonds. The molecule has 0 aromatic carbocycles. The third-order valence-electron chi connectivity index (χ3n) is 2.40. The third kappa shape index (κ3) is 7.60. The Balaban J connectivity index is 4.22. The van der Waals surface area contributed by atoms with Crippen molar-refractivity contribution in [3.63, 3.8) is 0 Å². The molecule has 0 saturated carbocycles. The highest BCUT2D eigenvalue weighted by Gasteiger charge is 2.21. The van der Waals surface area contributed by atoms with Gasteiger partial charge in [-0.1, -0.05) is 28.5 Å². The topological polar surface area (TPSA) is 83.5 Å². The van der Waals surface area contributed by atoms with Gasteiger partial charge >= 0.3 is 5.97 Å². The van der Waals surface area contributed by atoms with Gasteiger partial charge < -0.3 is 10.4 Å². The fourth-order valence-corrected chi connectivity index (χ4v) is 2.59. The molecule has 0 rings (SSSR count). The summed E-state index contributed by atoms with van der Waals surface area (Å²) in [5.41, 5.74) is 0. The van der Waals surface area contributed by atoms with Crippen molar-refractivity contribution in [2.45, 2.75) is 32.7 Å². The Morgan fingerprint density at radius 1 is 1.33 bits per heavy atom. The number of hydrogen-bond donors (Lipinski definition) is 2. The quantitative estimate of drug-likeness (QED) is 0.628. The minimum absolute atomic E-state index is 0.0428. The molecule has 104 valence electrons. The number of aliphatic carboxylic acids is 1. The number of carboxylic acid groups (broad SMARTS) is 1. The first-order valence-electron chi connectivity index (χ1n) is 5.56. The summed E-state index contributed by atoms with van der Waals surface area (Å²) in [7, 11) is 3.04. The van der Waals surface area contributed by atoms with E-state index >= 15 is 0 Å². The van der Waals surface area contributed by atoms with Crippen LogP contribution in [0.5, 0.6) is 0 Å². The second kappa shape index (κ2) is 9.27. The number of carboxylic acids is 1. The molecular weight excluding hydrogens is 274 g/mol. The Hall–Kier alpha value is -0.690. The summed E-state index contributed by atoms with van der Waals surface area (Å²) in [6.45, 7) is 3.10. The van der Waals surface area contributed by atoms with Crippen molar-refractivity contribution in [3.05, 3.63) is 0 Å². The molecule has 0 spiro atoms. The van der Waals surface area contributed by atoms with Gasteiger partial charge in [0.05, 0.1) is 6.04 Å². The first kappa shape index (κ1) is 17.3. The molecule has 5 nitrogen and oxygen atoms in total. The normalized spacial score (nSPS) is 13.7. The minimum atomic E-state index is -0.921. The summed E-state index contributed by atoms with van der Waals surface area (Å²) >= 11 is 0. The molecule has 2 atom stereocenters. The molecule has 0 aromatic rings. The highest BCUT2D eigenvalue weighted by Crippen LogP contribution is 2.18.